The van der Waals surface area contributed by atoms with Crippen LogP contribution in [0.15, 0.2) is 12.3 Å². The summed E-state index contributed by atoms with van der Waals surface area (Å²) in [6.07, 6.45) is 4.49. The number of ether oxygens (including phenoxy) is 2. The number of pyridine rings is 1. The van der Waals surface area contributed by atoms with E-state index < -0.39 is 10.0 Å². The molecule has 1 saturated heterocycles. The maximum atomic E-state index is 12.0. The molecule has 0 N–H and O–H groups in total. The Bertz CT molecular complexity index is 788. The van der Waals surface area contributed by atoms with Crippen LogP contribution in [0, 0.1) is 0 Å². The van der Waals surface area contributed by atoms with E-state index in [0.717, 1.165) is 11.1 Å². The lowest BCUT2D eigenvalue weighted by molar-refractivity contribution is 0.0504. The summed E-state index contributed by atoms with van der Waals surface area (Å²) in [4.78, 5) is 18.1. The normalized spacial score (nSPS) is 19.0. The van der Waals surface area contributed by atoms with Crippen molar-refractivity contribution in [2.24, 2.45) is 0 Å². The van der Waals surface area contributed by atoms with Gasteiger partial charge in [-0.1, -0.05) is 0 Å². The second-order valence-corrected chi connectivity index (χ2v) is 9.32. The SMILES string of the molecule is CC(C)OC(=O)N1CCC(Oc2nccc3c2CCN(S(C)(=O)=O)C3)CC1. The minimum atomic E-state index is -3.21. The van der Waals surface area contributed by atoms with Crippen molar-refractivity contribution >= 4 is 16.1 Å². The van der Waals surface area contributed by atoms with Crippen LogP contribution < -0.4 is 4.74 Å². The first-order chi connectivity index (χ1) is 12.7. The van der Waals surface area contributed by atoms with Crippen LogP contribution in [0.25, 0.3) is 0 Å². The molecule has 0 radical (unpaired) electrons. The number of sulfonamides is 1. The van der Waals surface area contributed by atoms with Crippen molar-refractivity contribution in [2.75, 3.05) is 25.9 Å². The van der Waals surface area contributed by atoms with Gasteiger partial charge in [-0.25, -0.2) is 18.2 Å². The number of rotatable bonds is 4. The lowest BCUT2D eigenvalue weighted by atomic mass is 10.0. The van der Waals surface area contributed by atoms with E-state index in [1.807, 2.05) is 19.9 Å². The molecule has 1 aromatic heterocycles. The highest BCUT2D eigenvalue weighted by atomic mass is 32.2. The number of carbonyl (C=O) groups excluding carboxylic acids is 1. The molecule has 0 unspecified atom stereocenters. The molecule has 1 fully saturated rings. The minimum absolute atomic E-state index is 0.0139. The summed E-state index contributed by atoms with van der Waals surface area (Å²) >= 11 is 0. The van der Waals surface area contributed by atoms with Crippen molar-refractivity contribution in [1.29, 1.82) is 0 Å². The second kappa shape index (κ2) is 8.02. The highest BCUT2D eigenvalue weighted by Crippen LogP contribution is 2.29. The van der Waals surface area contributed by atoms with Gasteiger partial charge in [-0.15, -0.1) is 0 Å². The predicted octanol–water partition coefficient (Wildman–Crippen LogP) is 1.79. The molecule has 3 heterocycles. The first-order valence-corrected chi connectivity index (χ1v) is 11.1. The number of likely N-dealkylation sites (tertiary alicyclic amines) is 1. The summed E-state index contributed by atoms with van der Waals surface area (Å²) < 4.78 is 36.4. The van der Waals surface area contributed by atoms with Gasteiger partial charge in [0.2, 0.25) is 15.9 Å². The van der Waals surface area contributed by atoms with Crippen molar-refractivity contribution < 1.29 is 22.7 Å². The van der Waals surface area contributed by atoms with E-state index >= 15 is 0 Å². The fourth-order valence-electron chi connectivity index (χ4n) is 3.41. The highest BCUT2D eigenvalue weighted by Gasteiger charge is 2.29. The molecular weight excluding hydrogens is 370 g/mol. The van der Waals surface area contributed by atoms with Crippen molar-refractivity contribution in [1.82, 2.24) is 14.2 Å². The summed E-state index contributed by atoms with van der Waals surface area (Å²) in [5.41, 5.74) is 1.92. The van der Waals surface area contributed by atoms with E-state index in [4.69, 9.17) is 9.47 Å². The van der Waals surface area contributed by atoms with Crippen molar-refractivity contribution in [3.8, 4) is 5.88 Å². The van der Waals surface area contributed by atoms with E-state index in [1.54, 1.807) is 11.1 Å². The zero-order valence-corrected chi connectivity index (χ0v) is 16.9. The highest BCUT2D eigenvalue weighted by molar-refractivity contribution is 7.88. The summed E-state index contributed by atoms with van der Waals surface area (Å²) in [5.74, 6) is 0.587. The Labute approximate surface area is 160 Å². The van der Waals surface area contributed by atoms with E-state index in [9.17, 15) is 13.2 Å². The smallest absolute Gasteiger partial charge is 0.410 e. The molecule has 1 amide bonds. The monoisotopic (exact) mass is 397 g/mol. The molecule has 0 saturated carbocycles. The van der Waals surface area contributed by atoms with Gasteiger partial charge in [-0.2, -0.15) is 4.31 Å². The quantitative estimate of drug-likeness (QED) is 0.770. The van der Waals surface area contributed by atoms with Gasteiger partial charge in [0.1, 0.15) is 6.10 Å². The molecule has 0 aliphatic carbocycles. The number of fused-ring (bicyclic) bond motifs is 1. The Morgan fingerprint density at radius 1 is 1.26 bits per heavy atom. The number of carbonyl (C=O) groups is 1. The third kappa shape index (κ3) is 4.90. The Hall–Kier alpha value is -1.87. The van der Waals surface area contributed by atoms with E-state index in [2.05, 4.69) is 4.98 Å². The largest absolute Gasteiger partial charge is 0.474 e. The third-order valence-corrected chi connectivity index (χ3v) is 6.10. The fraction of sp³-hybridized carbons (Fsp3) is 0.667. The Morgan fingerprint density at radius 2 is 1.96 bits per heavy atom. The van der Waals surface area contributed by atoms with Crippen molar-refractivity contribution in [3.63, 3.8) is 0 Å². The average Bonchev–Trinajstić information content (AvgIpc) is 2.61. The Kier molecular flexibility index (Phi) is 5.90. The molecule has 1 aromatic rings. The predicted molar refractivity (Wildman–Crippen MR) is 100 cm³/mol. The van der Waals surface area contributed by atoms with Crippen LogP contribution in [-0.2, 0) is 27.7 Å². The van der Waals surface area contributed by atoms with E-state index in [-0.39, 0.29) is 18.3 Å². The van der Waals surface area contributed by atoms with E-state index in [1.165, 1.54) is 10.6 Å². The second-order valence-electron chi connectivity index (χ2n) is 7.34. The Morgan fingerprint density at radius 3 is 2.59 bits per heavy atom. The minimum Gasteiger partial charge on any atom is -0.474 e. The van der Waals surface area contributed by atoms with Crippen molar-refractivity contribution in [2.45, 2.75) is 51.9 Å². The van der Waals surface area contributed by atoms with Gasteiger partial charge in [-0.05, 0) is 31.9 Å². The van der Waals surface area contributed by atoms with Gasteiger partial charge < -0.3 is 14.4 Å². The molecule has 8 nitrogen and oxygen atoms in total. The van der Waals surface area contributed by atoms with Gasteiger partial charge in [0.15, 0.2) is 0 Å². The summed E-state index contributed by atoms with van der Waals surface area (Å²) in [7, 11) is -3.21. The first-order valence-electron chi connectivity index (χ1n) is 9.28. The van der Waals surface area contributed by atoms with Crippen LogP contribution >= 0.6 is 0 Å². The summed E-state index contributed by atoms with van der Waals surface area (Å²) in [6.45, 7) is 5.64. The van der Waals surface area contributed by atoms with Gasteiger partial charge in [0, 0.05) is 50.8 Å². The van der Waals surface area contributed by atoms with Gasteiger partial charge in [-0.3, -0.25) is 0 Å². The molecule has 9 heteroatoms. The zero-order chi connectivity index (χ0) is 19.6. The summed E-state index contributed by atoms with van der Waals surface area (Å²) in [5, 5.41) is 0. The maximum absolute atomic E-state index is 12.0. The topological polar surface area (TPSA) is 89.0 Å². The molecule has 0 atom stereocenters. The van der Waals surface area contributed by atoms with Crippen LogP contribution in [0.5, 0.6) is 5.88 Å². The molecular formula is C18H27N3O5S. The number of amides is 1. The lowest BCUT2D eigenvalue weighted by Gasteiger charge is -2.33. The van der Waals surface area contributed by atoms with Crippen LogP contribution in [-0.4, -0.2) is 66.8 Å². The first kappa shape index (κ1) is 19.9. The standard InChI is InChI=1S/C18H27N3O5S/c1-13(2)25-18(22)20-9-5-15(6-10-20)26-17-16-7-11-21(27(3,23)24)12-14(16)4-8-19-17/h4,8,13,15H,5-7,9-12H2,1-3H3. The van der Waals surface area contributed by atoms with Gasteiger partial charge in [0.25, 0.3) is 0 Å². The molecule has 2 aliphatic rings. The molecule has 0 aromatic carbocycles. The number of nitrogens with zero attached hydrogens (tertiary/aromatic N) is 3. The fourth-order valence-corrected chi connectivity index (χ4v) is 4.20. The van der Waals surface area contributed by atoms with Crippen LogP contribution in [0.1, 0.15) is 37.8 Å². The molecule has 2 aliphatic heterocycles. The third-order valence-electron chi connectivity index (χ3n) is 4.86. The van der Waals surface area contributed by atoms with Crippen molar-refractivity contribution in [3.05, 3.63) is 23.4 Å². The number of piperidine rings is 1. The molecule has 27 heavy (non-hydrogen) atoms. The number of hydrogen-bond acceptors (Lipinski definition) is 6. The van der Waals surface area contributed by atoms with Crippen LogP contribution in [0.2, 0.25) is 0 Å². The molecule has 0 spiro atoms. The molecule has 3 rings (SSSR count). The maximum Gasteiger partial charge on any atom is 0.410 e. The van der Waals surface area contributed by atoms with Crippen LogP contribution in [0.3, 0.4) is 0 Å². The van der Waals surface area contributed by atoms with E-state index in [0.29, 0.717) is 51.3 Å². The van der Waals surface area contributed by atoms with Crippen LogP contribution in [0.4, 0.5) is 4.79 Å². The molecule has 150 valence electrons. The summed E-state index contributed by atoms with van der Waals surface area (Å²) in [6, 6.07) is 1.85. The number of aromatic nitrogens is 1. The average molecular weight is 397 g/mol. The number of hydrogen-bond donors (Lipinski definition) is 0. The molecule has 0 bridgehead atoms. The zero-order valence-electron chi connectivity index (χ0n) is 16.1. The Balaban J connectivity index is 1.61. The van der Waals surface area contributed by atoms with Gasteiger partial charge in [0.05, 0.1) is 12.4 Å². The van der Waals surface area contributed by atoms with Gasteiger partial charge >= 0.3 is 6.09 Å². The lowest BCUT2D eigenvalue weighted by Crippen LogP contribution is -2.43.